The van der Waals surface area contributed by atoms with Gasteiger partial charge in [0.2, 0.25) is 0 Å². The molecular weight excluding hydrogens is 398 g/mol. The number of hydrogen-bond donors (Lipinski definition) is 0. The van der Waals surface area contributed by atoms with Gasteiger partial charge in [0, 0.05) is 44.3 Å². The Labute approximate surface area is 192 Å². The van der Waals surface area contributed by atoms with Crippen molar-refractivity contribution in [3.63, 3.8) is 0 Å². The van der Waals surface area contributed by atoms with Crippen molar-refractivity contribution >= 4 is 17.7 Å². The molecule has 0 N–H and O–H groups in total. The maximum atomic E-state index is 12.6. The summed E-state index contributed by atoms with van der Waals surface area (Å²) in [4.78, 5) is 15.0. The van der Waals surface area contributed by atoms with Crippen LogP contribution in [-0.2, 0) is 15.9 Å². The Morgan fingerprint density at radius 2 is 1.81 bits per heavy atom. The standard InChI is InChI=1S/C28H35NO3/c1-3-4-5-6-8-21-11-13-23(14-12-21)28(30)32-24-17-19-29(20-18-24)25-10-7-9-22-15-16-26(31-2)27(22)25/h7,9-16,24,26H,3-6,8,17-20H2,1-2H3. The number of nitrogens with zero attached hydrogens (tertiary/aromatic N) is 1. The molecule has 2 aromatic carbocycles. The van der Waals surface area contributed by atoms with Gasteiger partial charge in [0.05, 0.1) is 5.56 Å². The number of unbranched alkanes of at least 4 members (excludes halogenated alkanes) is 3. The second-order valence-corrected chi connectivity index (χ2v) is 8.89. The van der Waals surface area contributed by atoms with Crippen molar-refractivity contribution in [2.75, 3.05) is 25.1 Å². The lowest BCUT2D eigenvalue weighted by Gasteiger charge is -2.35. The molecule has 4 nitrogen and oxygen atoms in total. The van der Waals surface area contributed by atoms with Crippen LogP contribution >= 0.6 is 0 Å². The Morgan fingerprint density at radius 3 is 2.53 bits per heavy atom. The zero-order chi connectivity index (χ0) is 22.3. The maximum absolute atomic E-state index is 12.6. The van der Waals surface area contributed by atoms with E-state index in [-0.39, 0.29) is 18.2 Å². The Hall–Kier alpha value is -2.59. The summed E-state index contributed by atoms with van der Waals surface area (Å²) < 4.78 is 11.5. The molecule has 0 bridgehead atoms. The first-order chi connectivity index (χ1) is 15.7. The van der Waals surface area contributed by atoms with Crippen molar-refractivity contribution < 1.29 is 14.3 Å². The van der Waals surface area contributed by atoms with Crippen molar-refractivity contribution in [2.24, 2.45) is 0 Å². The summed E-state index contributed by atoms with van der Waals surface area (Å²) in [6.45, 7) is 3.98. The van der Waals surface area contributed by atoms with Crippen LogP contribution in [0.5, 0.6) is 0 Å². The molecule has 0 saturated carbocycles. The first-order valence-electron chi connectivity index (χ1n) is 12.1. The Bertz CT molecular complexity index is 926. The molecule has 1 heterocycles. The minimum atomic E-state index is -0.203. The third-order valence-electron chi connectivity index (χ3n) is 6.67. The van der Waals surface area contributed by atoms with Crippen LogP contribution in [0.15, 0.2) is 48.5 Å². The molecule has 4 heteroatoms. The zero-order valence-corrected chi connectivity index (χ0v) is 19.4. The maximum Gasteiger partial charge on any atom is 0.338 e. The topological polar surface area (TPSA) is 38.8 Å². The molecule has 2 aromatic rings. The smallest absolute Gasteiger partial charge is 0.338 e. The van der Waals surface area contributed by atoms with Gasteiger partial charge >= 0.3 is 5.97 Å². The Morgan fingerprint density at radius 1 is 1.03 bits per heavy atom. The van der Waals surface area contributed by atoms with Gasteiger partial charge in [-0.05, 0) is 42.2 Å². The van der Waals surface area contributed by atoms with Crippen LogP contribution in [0.25, 0.3) is 6.08 Å². The van der Waals surface area contributed by atoms with Crippen LogP contribution in [0.2, 0.25) is 0 Å². The Kier molecular flexibility index (Phi) is 7.64. The van der Waals surface area contributed by atoms with E-state index in [2.05, 4.69) is 54.3 Å². The third-order valence-corrected chi connectivity index (χ3v) is 6.67. The number of ether oxygens (including phenoxy) is 2. The molecule has 4 rings (SSSR count). The van der Waals surface area contributed by atoms with Crippen LogP contribution in [0, 0.1) is 0 Å². The van der Waals surface area contributed by atoms with Crippen LogP contribution in [0.4, 0.5) is 5.69 Å². The number of esters is 1. The van der Waals surface area contributed by atoms with Crippen LogP contribution in [0.1, 0.15) is 78.6 Å². The predicted molar refractivity (Wildman–Crippen MR) is 130 cm³/mol. The summed E-state index contributed by atoms with van der Waals surface area (Å²) in [5.74, 6) is -0.203. The van der Waals surface area contributed by atoms with E-state index >= 15 is 0 Å². The van der Waals surface area contributed by atoms with Crippen molar-refractivity contribution in [1.82, 2.24) is 0 Å². The monoisotopic (exact) mass is 433 g/mol. The van der Waals surface area contributed by atoms with Crippen molar-refractivity contribution in [1.29, 1.82) is 0 Å². The minimum Gasteiger partial charge on any atom is -0.459 e. The number of piperidine rings is 1. The number of carbonyl (C=O) groups excluding carboxylic acids is 1. The first-order valence-corrected chi connectivity index (χ1v) is 12.1. The summed E-state index contributed by atoms with van der Waals surface area (Å²) in [7, 11) is 1.76. The summed E-state index contributed by atoms with van der Waals surface area (Å²) in [5.41, 5.74) is 5.67. The highest BCUT2D eigenvalue weighted by Gasteiger charge is 2.27. The highest BCUT2D eigenvalue weighted by molar-refractivity contribution is 5.89. The van der Waals surface area contributed by atoms with Gasteiger partial charge in [0.15, 0.2) is 0 Å². The number of anilines is 1. The average molecular weight is 434 g/mol. The van der Waals surface area contributed by atoms with Gasteiger partial charge < -0.3 is 14.4 Å². The predicted octanol–water partition coefficient (Wildman–Crippen LogP) is 6.35. The second kappa shape index (κ2) is 10.8. The van der Waals surface area contributed by atoms with E-state index in [1.807, 2.05) is 12.1 Å². The summed E-state index contributed by atoms with van der Waals surface area (Å²) >= 11 is 0. The fourth-order valence-electron chi connectivity index (χ4n) is 4.78. The molecule has 0 aromatic heterocycles. The summed E-state index contributed by atoms with van der Waals surface area (Å²) in [5, 5.41) is 0. The lowest BCUT2D eigenvalue weighted by atomic mass is 10.0. The van der Waals surface area contributed by atoms with Gasteiger partial charge in [0.1, 0.15) is 12.2 Å². The molecule has 0 amide bonds. The number of rotatable bonds is 9. The quantitative estimate of drug-likeness (QED) is 0.341. The van der Waals surface area contributed by atoms with Crippen molar-refractivity contribution in [3.8, 4) is 0 Å². The molecule has 32 heavy (non-hydrogen) atoms. The summed E-state index contributed by atoms with van der Waals surface area (Å²) in [6, 6.07) is 14.4. The van der Waals surface area contributed by atoms with Gasteiger partial charge in [-0.2, -0.15) is 0 Å². The molecule has 1 aliphatic heterocycles. The number of carbonyl (C=O) groups is 1. The highest BCUT2D eigenvalue weighted by atomic mass is 16.5. The SMILES string of the molecule is CCCCCCc1ccc(C(=O)OC2CCN(c3cccc4c3C(OC)C=C4)CC2)cc1. The molecule has 0 radical (unpaired) electrons. The number of methoxy groups -OCH3 is 1. The fraction of sp³-hybridized carbons (Fsp3) is 0.464. The average Bonchev–Trinajstić information content (AvgIpc) is 3.26. The molecule has 1 aliphatic carbocycles. The highest BCUT2D eigenvalue weighted by Crippen LogP contribution is 2.39. The largest absolute Gasteiger partial charge is 0.459 e. The van der Waals surface area contributed by atoms with E-state index in [0.717, 1.165) is 32.4 Å². The molecule has 170 valence electrons. The van der Waals surface area contributed by atoms with E-state index in [4.69, 9.17) is 9.47 Å². The van der Waals surface area contributed by atoms with E-state index in [0.29, 0.717) is 5.56 Å². The molecule has 1 fully saturated rings. The van der Waals surface area contributed by atoms with Gasteiger partial charge in [-0.3, -0.25) is 0 Å². The molecule has 1 unspecified atom stereocenters. The first kappa shape index (κ1) is 22.6. The molecule has 0 spiro atoms. The van der Waals surface area contributed by atoms with Gasteiger partial charge in [-0.1, -0.05) is 62.6 Å². The van der Waals surface area contributed by atoms with Crippen LogP contribution in [-0.4, -0.2) is 32.3 Å². The number of fused-ring (bicyclic) bond motifs is 1. The Balaban J connectivity index is 1.29. The van der Waals surface area contributed by atoms with E-state index in [9.17, 15) is 4.79 Å². The molecular formula is C28H35NO3. The van der Waals surface area contributed by atoms with Crippen molar-refractivity contribution in [2.45, 2.75) is 64.1 Å². The van der Waals surface area contributed by atoms with E-state index < -0.39 is 0 Å². The van der Waals surface area contributed by atoms with Crippen molar-refractivity contribution in [3.05, 3.63) is 70.8 Å². The number of hydrogen-bond acceptors (Lipinski definition) is 4. The zero-order valence-electron chi connectivity index (χ0n) is 19.4. The number of aryl methyl sites for hydroxylation is 1. The second-order valence-electron chi connectivity index (χ2n) is 8.89. The normalized spacial score (nSPS) is 18.1. The fourth-order valence-corrected chi connectivity index (χ4v) is 4.78. The summed E-state index contributed by atoms with van der Waals surface area (Å²) in [6.07, 6.45) is 12.0. The third kappa shape index (κ3) is 5.24. The molecule has 2 aliphatic rings. The van der Waals surface area contributed by atoms with Gasteiger partial charge in [0.25, 0.3) is 0 Å². The molecule has 1 saturated heterocycles. The minimum absolute atomic E-state index is 0.0198. The molecule has 1 atom stereocenters. The van der Waals surface area contributed by atoms with Crippen LogP contribution in [0.3, 0.4) is 0 Å². The number of benzene rings is 2. The lowest BCUT2D eigenvalue weighted by molar-refractivity contribution is 0.0245. The lowest BCUT2D eigenvalue weighted by Crippen LogP contribution is -2.38. The van der Waals surface area contributed by atoms with Gasteiger partial charge in [-0.25, -0.2) is 4.79 Å². The van der Waals surface area contributed by atoms with E-state index in [1.165, 1.54) is 48.1 Å². The van der Waals surface area contributed by atoms with Gasteiger partial charge in [-0.15, -0.1) is 0 Å². The van der Waals surface area contributed by atoms with E-state index in [1.54, 1.807) is 7.11 Å². The van der Waals surface area contributed by atoms with Crippen LogP contribution < -0.4 is 4.90 Å².